The Morgan fingerprint density at radius 2 is 1.84 bits per heavy atom. The number of benzene rings is 1. The number of rotatable bonds is 3. The Labute approximate surface area is 148 Å². The molecule has 3 fully saturated rings. The summed E-state index contributed by atoms with van der Waals surface area (Å²) in [6.45, 7) is 4.66. The number of fused-ring (bicyclic) bond motifs is 1. The molecule has 25 heavy (non-hydrogen) atoms. The molecule has 1 aromatic rings. The highest BCUT2D eigenvalue weighted by atomic mass is 16.5. The molecule has 3 aliphatic heterocycles. The van der Waals surface area contributed by atoms with Gasteiger partial charge in [0.15, 0.2) is 0 Å². The Morgan fingerprint density at radius 3 is 2.60 bits per heavy atom. The molecular weight excluding hydrogens is 318 g/mol. The van der Waals surface area contributed by atoms with Crippen molar-refractivity contribution in [3.05, 3.63) is 35.9 Å². The van der Waals surface area contributed by atoms with Crippen molar-refractivity contribution in [3.8, 4) is 0 Å². The summed E-state index contributed by atoms with van der Waals surface area (Å²) in [6.07, 6.45) is 1.64. The molecule has 3 saturated heterocycles. The van der Waals surface area contributed by atoms with Crippen molar-refractivity contribution in [1.29, 1.82) is 0 Å². The lowest BCUT2D eigenvalue weighted by Crippen LogP contribution is -2.55. The van der Waals surface area contributed by atoms with Crippen molar-refractivity contribution in [2.24, 2.45) is 5.92 Å². The van der Waals surface area contributed by atoms with Gasteiger partial charge in [0.05, 0.1) is 6.04 Å². The average Bonchev–Trinajstić information content (AvgIpc) is 2.97. The molecule has 0 aromatic heterocycles. The SMILES string of the molecule is O=C(C1CCOCC1)N1CCN2C(=O)N(Cc3ccccc3)C[C@H]2C1. The average molecular weight is 343 g/mol. The van der Waals surface area contributed by atoms with Gasteiger partial charge in [-0.15, -0.1) is 0 Å². The molecular formula is C19H25N3O3. The van der Waals surface area contributed by atoms with Gasteiger partial charge in [0.25, 0.3) is 0 Å². The van der Waals surface area contributed by atoms with Gasteiger partial charge in [-0.2, -0.15) is 0 Å². The first-order chi connectivity index (χ1) is 12.2. The first-order valence-corrected chi connectivity index (χ1v) is 9.18. The molecule has 6 nitrogen and oxygen atoms in total. The van der Waals surface area contributed by atoms with E-state index in [9.17, 15) is 9.59 Å². The Hall–Kier alpha value is -2.08. The van der Waals surface area contributed by atoms with Gasteiger partial charge in [-0.05, 0) is 18.4 Å². The molecule has 0 unspecified atom stereocenters. The topological polar surface area (TPSA) is 53.1 Å². The molecule has 1 aromatic carbocycles. The first-order valence-electron chi connectivity index (χ1n) is 9.18. The van der Waals surface area contributed by atoms with E-state index in [2.05, 4.69) is 0 Å². The Kier molecular flexibility index (Phi) is 4.61. The maximum Gasteiger partial charge on any atom is 0.320 e. The molecule has 0 aliphatic carbocycles. The van der Waals surface area contributed by atoms with Crippen LogP contribution in [0.2, 0.25) is 0 Å². The largest absolute Gasteiger partial charge is 0.381 e. The van der Waals surface area contributed by atoms with Crippen LogP contribution in [0, 0.1) is 5.92 Å². The second-order valence-electron chi connectivity index (χ2n) is 7.17. The van der Waals surface area contributed by atoms with Crippen LogP contribution in [0.25, 0.3) is 0 Å². The van der Waals surface area contributed by atoms with E-state index < -0.39 is 0 Å². The second-order valence-corrected chi connectivity index (χ2v) is 7.17. The van der Waals surface area contributed by atoms with Crippen LogP contribution in [-0.4, -0.2) is 72.1 Å². The fraction of sp³-hybridized carbons (Fsp3) is 0.579. The van der Waals surface area contributed by atoms with Gasteiger partial charge in [0.2, 0.25) is 5.91 Å². The van der Waals surface area contributed by atoms with E-state index in [0.717, 1.165) is 18.4 Å². The van der Waals surface area contributed by atoms with Crippen LogP contribution in [0.15, 0.2) is 30.3 Å². The second kappa shape index (κ2) is 7.04. The molecule has 3 aliphatic rings. The van der Waals surface area contributed by atoms with Crippen LogP contribution in [0.5, 0.6) is 0 Å². The smallest absolute Gasteiger partial charge is 0.320 e. The van der Waals surface area contributed by atoms with Gasteiger partial charge in [-0.3, -0.25) is 4.79 Å². The minimum absolute atomic E-state index is 0.0952. The Bertz CT molecular complexity index is 630. The van der Waals surface area contributed by atoms with Gasteiger partial charge >= 0.3 is 6.03 Å². The minimum atomic E-state index is 0.0952. The van der Waals surface area contributed by atoms with E-state index in [1.807, 2.05) is 45.0 Å². The van der Waals surface area contributed by atoms with Gasteiger partial charge < -0.3 is 19.4 Å². The fourth-order valence-electron chi connectivity index (χ4n) is 4.12. The van der Waals surface area contributed by atoms with Crippen molar-refractivity contribution in [3.63, 3.8) is 0 Å². The number of hydrogen-bond acceptors (Lipinski definition) is 3. The summed E-state index contributed by atoms with van der Waals surface area (Å²) in [5.74, 6) is 0.342. The highest BCUT2D eigenvalue weighted by Crippen LogP contribution is 2.25. The molecule has 4 rings (SSSR count). The Balaban J connectivity index is 1.38. The summed E-state index contributed by atoms with van der Waals surface area (Å²) in [5, 5.41) is 0. The predicted molar refractivity (Wildman–Crippen MR) is 92.9 cm³/mol. The maximum absolute atomic E-state index is 12.7. The molecule has 0 N–H and O–H groups in total. The van der Waals surface area contributed by atoms with Crippen molar-refractivity contribution >= 4 is 11.9 Å². The van der Waals surface area contributed by atoms with Gasteiger partial charge in [-0.25, -0.2) is 4.79 Å². The number of hydrogen-bond donors (Lipinski definition) is 0. The highest BCUT2D eigenvalue weighted by Gasteiger charge is 2.42. The lowest BCUT2D eigenvalue weighted by Gasteiger charge is -2.38. The van der Waals surface area contributed by atoms with Crippen LogP contribution in [0.1, 0.15) is 18.4 Å². The molecule has 3 amide bonds. The first kappa shape index (κ1) is 16.4. The minimum Gasteiger partial charge on any atom is -0.381 e. The third-order valence-electron chi connectivity index (χ3n) is 5.53. The molecule has 1 atom stereocenters. The van der Waals surface area contributed by atoms with Crippen molar-refractivity contribution in [1.82, 2.24) is 14.7 Å². The van der Waals surface area contributed by atoms with Crippen molar-refractivity contribution in [2.75, 3.05) is 39.4 Å². The van der Waals surface area contributed by atoms with Gasteiger partial charge in [0.1, 0.15) is 0 Å². The molecule has 0 bridgehead atoms. The number of carbonyl (C=O) groups is 2. The Morgan fingerprint density at radius 1 is 1.08 bits per heavy atom. The number of piperazine rings is 1. The van der Waals surface area contributed by atoms with Crippen LogP contribution >= 0.6 is 0 Å². The van der Waals surface area contributed by atoms with Crippen LogP contribution < -0.4 is 0 Å². The summed E-state index contributed by atoms with van der Waals surface area (Å²) >= 11 is 0. The number of ether oxygens (including phenoxy) is 1. The lowest BCUT2D eigenvalue weighted by molar-refractivity contribution is -0.140. The monoisotopic (exact) mass is 343 g/mol. The van der Waals surface area contributed by atoms with Crippen LogP contribution in [-0.2, 0) is 16.1 Å². The zero-order valence-corrected chi connectivity index (χ0v) is 14.5. The standard InChI is InChI=1S/C19H25N3O3/c23-18(16-6-10-25-11-7-16)20-8-9-22-17(13-20)14-21(19(22)24)12-15-4-2-1-3-5-15/h1-5,16-17H,6-14H2/t17-/m1/s1. The summed E-state index contributed by atoms with van der Waals surface area (Å²) < 4.78 is 5.36. The fourth-order valence-corrected chi connectivity index (χ4v) is 4.12. The maximum atomic E-state index is 12.7. The summed E-state index contributed by atoms with van der Waals surface area (Å²) in [4.78, 5) is 31.2. The van der Waals surface area contributed by atoms with Crippen LogP contribution in [0.3, 0.4) is 0 Å². The molecule has 6 heteroatoms. The van der Waals surface area contributed by atoms with E-state index in [4.69, 9.17) is 4.74 Å². The van der Waals surface area contributed by atoms with Gasteiger partial charge in [-0.1, -0.05) is 30.3 Å². The highest BCUT2D eigenvalue weighted by molar-refractivity contribution is 5.81. The number of carbonyl (C=O) groups excluding carboxylic acids is 2. The van der Waals surface area contributed by atoms with Crippen molar-refractivity contribution in [2.45, 2.75) is 25.4 Å². The van der Waals surface area contributed by atoms with E-state index in [-0.39, 0.29) is 23.9 Å². The third kappa shape index (κ3) is 3.35. The molecule has 0 saturated carbocycles. The van der Waals surface area contributed by atoms with Gasteiger partial charge in [0, 0.05) is 51.9 Å². The lowest BCUT2D eigenvalue weighted by atomic mass is 9.98. The normalized spacial score (nSPS) is 24.6. The predicted octanol–water partition coefficient (Wildman–Crippen LogP) is 1.56. The zero-order valence-electron chi connectivity index (χ0n) is 14.5. The van der Waals surface area contributed by atoms with E-state index in [0.29, 0.717) is 45.9 Å². The number of urea groups is 1. The molecule has 134 valence electrons. The summed E-state index contributed by atoms with van der Waals surface area (Å²) in [6, 6.07) is 10.3. The number of amides is 3. The van der Waals surface area contributed by atoms with E-state index in [1.54, 1.807) is 0 Å². The molecule has 0 radical (unpaired) electrons. The molecule has 3 heterocycles. The number of nitrogens with zero attached hydrogens (tertiary/aromatic N) is 3. The van der Waals surface area contributed by atoms with Crippen LogP contribution in [0.4, 0.5) is 4.79 Å². The van der Waals surface area contributed by atoms with E-state index >= 15 is 0 Å². The quantitative estimate of drug-likeness (QED) is 0.837. The molecule has 0 spiro atoms. The van der Waals surface area contributed by atoms with E-state index in [1.165, 1.54) is 0 Å². The third-order valence-corrected chi connectivity index (χ3v) is 5.53. The summed E-state index contributed by atoms with van der Waals surface area (Å²) in [7, 11) is 0. The van der Waals surface area contributed by atoms with Crippen molar-refractivity contribution < 1.29 is 14.3 Å². The zero-order chi connectivity index (χ0) is 17.2. The summed E-state index contributed by atoms with van der Waals surface area (Å²) in [5.41, 5.74) is 1.14.